The van der Waals surface area contributed by atoms with Crippen LogP contribution in [-0.4, -0.2) is 77.6 Å². The molecular formula is C17H24N6O8. The number of amides is 1. The Bertz CT molecular complexity index is 882. The molecular weight excluding hydrogens is 416 g/mol. The minimum atomic E-state index is -1.20. The number of ether oxygens (including phenoxy) is 4. The molecule has 2 N–H and O–H groups in total. The van der Waals surface area contributed by atoms with Crippen molar-refractivity contribution in [3.05, 3.63) is 11.8 Å². The van der Waals surface area contributed by atoms with Crippen LogP contribution in [0.1, 0.15) is 37.4 Å². The van der Waals surface area contributed by atoms with E-state index in [1.165, 1.54) is 11.9 Å². The summed E-state index contributed by atoms with van der Waals surface area (Å²) in [6, 6.07) is 0. The molecule has 170 valence electrons. The smallest absolute Gasteiger partial charge is 0.303 e. The quantitative estimate of drug-likeness (QED) is 0.248. The third kappa shape index (κ3) is 5.97. The van der Waals surface area contributed by atoms with E-state index in [9.17, 15) is 19.2 Å². The molecule has 1 aliphatic rings. The molecule has 1 saturated heterocycles. The van der Waals surface area contributed by atoms with Crippen molar-refractivity contribution in [3.8, 4) is 0 Å². The highest BCUT2D eigenvalue weighted by atomic mass is 16.7. The second-order valence-electron chi connectivity index (χ2n) is 6.74. The summed E-state index contributed by atoms with van der Waals surface area (Å²) in [5.41, 5.74) is 5.32. The zero-order chi connectivity index (χ0) is 23.3. The standard InChI is InChI=1S/C17H24N6O8/c1-8(24)28-7-12-13(29-9(2)25)14(30-10(3)26)17(31-12)23-16(20-21-22(4)5)11(6-19-23)15(18)27/h6,12-14,17H,7H2,1-5H3,(H2,18,27)/t12-,13-,14-,17-/m1/s1. The zero-order valence-electron chi connectivity index (χ0n) is 17.7. The Labute approximate surface area is 177 Å². The van der Waals surface area contributed by atoms with Gasteiger partial charge < -0.3 is 24.7 Å². The fourth-order valence-corrected chi connectivity index (χ4v) is 2.84. The molecule has 0 saturated carbocycles. The Balaban J connectivity index is 2.53. The fourth-order valence-electron chi connectivity index (χ4n) is 2.84. The van der Waals surface area contributed by atoms with Crippen LogP contribution in [0.25, 0.3) is 0 Å². The predicted molar refractivity (Wildman–Crippen MR) is 101 cm³/mol. The van der Waals surface area contributed by atoms with Crippen molar-refractivity contribution >= 4 is 29.6 Å². The highest BCUT2D eigenvalue weighted by Gasteiger charge is 2.51. The SMILES string of the molecule is CC(=O)OC[C@H]1O[C@@H](n2ncc(C(N)=O)c2N=NN(C)C)[C@H](OC(C)=O)[C@@H]1OC(C)=O. The molecule has 0 spiro atoms. The maximum absolute atomic E-state index is 11.8. The number of carbonyl (C=O) groups excluding carboxylic acids is 4. The summed E-state index contributed by atoms with van der Waals surface area (Å²) in [4.78, 5) is 46.4. The van der Waals surface area contributed by atoms with Gasteiger partial charge in [0.05, 0.1) is 6.20 Å². The van der Waals surface area contributed by atoms with Crippen molar-refractivity contribution in [1.29, 1.82) is 0 Å². The molecule has 0 aromatic carbocycles. The van der Waals surface area contributed by atoms with Gasteiger partial charge in [-0.3, -0.25) is 24.2 Å². The molecule has 0 unspecified atom stereocenters. The van der Waals surface area contributed by atoms with Crippen LogP contribution in [0.3, 0.4) is 0 Å². The molecule has 1 aromatic rings. The minimum Gasteiger partial charge on any atom is -0.463 e. The molecule has 1 aromatic heterocycles. The van der Waals surface area contributed by atoms with Crippen molar-refractivity contribution in [2.24, 2.45) is 16.1 Å². The summed E-state index contributed by atoms with van der Waals surface area (Å²) in [5, 5.41) is 13.3. The average molecular weight is 440 g/mol. The van der Waals surface area contributed by atoms with E-state index >= 15 is 0 Å². The van der Waals surface area contributed by atoms with Crippen LogP contribution in [0.5, 0.6) is 0 Å². The minimum absolute atomic E-state index is 0.0664. The van der Waals surface area contributed by atoms with Crippen LogP contribution < -0.4 is 5.73 Å². The molecule has 1 aliphatic heterocycles. The first kappa shape index (κ1) is 23.7. The molecule has 0 radical (unpaired) electrons. The number of primary amides is 1. The molecule has 0 bridgehead atoms. The van der Waals surface area contributed by atoms with E-state index in [1.54, 1.807) is 14.1 Å². The molecule has 1 fully saturated rings. The first-order valence-corrected chi connectivity index (χ1v) is 9.10. The van der Waals surface area contributed by atoms with Crippen LogP contribution >= 0.6 is 0 Å². The number of esters is 3. The van der Waals surface area contributed by atoms with Gasteiger partial charge in [-0.05, 0) is 0 Å². The van der Waals surface area contributed by atoms with E-state index in [2.05, 4.69) is 15.4 Å². The topological polar surface area (TPSA) is 177 Å². The van der Waals surface area contributed by atoms with Gasteiger partial charge in [0.2, 0.25) is 0 Å². The van der Waals surface area contributed by atoms with Crippen molar-refractivity contribution in [2.75, 3.05) is 20.7 Å². The summed E-state index contributed by atoms with van der Waals surface area (Å²) in [6.45, 7) is 3.23. The number of nitrogens with zero attached hydrogens (tertiary/aromatic N) is 5. The van der Waals surface area contributed by atoms with Gasteiger partial charge in [0.25, 0.3) is 5.91 Å². The second-order valence-corrected chi connectivity index (χ2v) is 6.74. The Morgan fingerprint density at radius 1 is 1.13 bits per heavy atom. The van der Waals surface area contributed by atoms with E-state index in [1.807, 2.05) is 0 Å². The van der Waals surface area contributed by atoms with Crippen LogP contribution in [0.4, 0.5) is 5.82 Å². The lowest BCUT2D eigenvalue weighted by Crippen LogP contribution is -2.40. The van der Waals surface area contributed by atoms with Gasteiger partial charge in [-0.2, -0.15) is 5.10 Å². The van der Waals surface area contributed by atoms with Crippen molar-refractivity contribution in [1.82, 2.24) is 14.8 Å². The van der Waals surface area contributed by atoms with Gasteiger partial charge in [-0.25, -0.2) is 4.68 Å². The molecule has 2 rings (SSSR count). The maximum atomic E-state index is 11.8. The van der Waals surface area contributed by atoms with Crippen LogP contribution in [0.2, 0.25) is 0 Å². The van der Waals surface area contributed by atoms with Crippen molar-refractivity contribution < 1.29 is 38.1 Å². The van der Waals surface area contributed by atoms with Gasteiger partial charge in [0.1, 0.15) is 18.3 Å². The molecule has 14 nitrogen and oxygen atoms in total. The van der Waals surface area contributed by atoms with Gasteiger partial charge >= 0.3 is 17.9 Å². The summed E-state index contributed by atoms with van der Waals surface area (Å²) in [6.07, 6.45) is -3.37. The van der Waals surface area contributed by atoms with E-state index in [0.29, 0.717) is 0 Å². The zero-order valence-corrected chi connectivity index (χ0v) is 17.7. The first-order valence-electron chi connectivity index (χ1n) is 9.10. The summed E-state index contributed by atoms with van der Waals surface area (Å²) in [5.74, 6) is -2.85. The Hall–Kier alpha value is -3.55. The number of nitrogens with two attached hydrogens (primary N) is 1. The van der Waals surface area contributed by atoms with E-state index in [-0.39, 0.29) is 18.0 Å². The first-order chi connectivity index (χ1) is 14.5. The third-order valence-corrected chi connectivity index (χ3v) is 3.93. The lowest BCUT2D eigenvalue weighted by Gasteiger charge is -2.23. The van der Waals surface area contributed by atoms with Crippen LogP contribution in [0.15, 0.2) is 16.5 Å². The summed E-state index contributed by atoms with van der Waals surface area (Å²) >= 11 is 0. The number of hydrogen-bond acceptors (Lipinski definition) is 11. The third-order valence-electron chi connectivity index (χ3n) is 3.93. The Kier molecular flexibility index (Phi) is 7.63. The fraction of sp³-hybridized carbons (Fsp3) is 0.588. The number of carbonyl (C=O) groups is 4. The number of hydrogen-bond donors (Lipinski definition) is 1. The molecule has 14 heteroatoms. The van der Waals surface area contributed by atoms with Gasteiger partial charge in [-0.15, -0.1) is 5.11 Å². The number of rotatable bonds is 8. The maximum Gasteiger partial charge on any atom is 0.303 e. The van der Waals surface area contributed by atoms with Gasteiger partial charge in [0.15, 0.2) is 24.3 Å². The van der Waals surface area contributed by atoms with Gasteiger partial charge in [0, 0.05) is 34.9 Å². The largest absolute Gasteiger partial charge is 0.463 e. The van der Waals surface area contributed by atoms with E-state index in [4.69, 9.17) is 24.7 Å². The summed E-state index contributed by atoms with van der Waals surface area (Å²) < 4.78 is 22.6. The highest BCUT2D eigenvalue weighted by Crippen LogP contribution is 2.37. The number of aromatic nitrogens is 2. The van der Waals surface area contributed by atoms with Gasteiger partial charge in [-0.1, -0.05) is 5.22 Å². The Morgan fingerprint density at radius 3 is 2.26 bits per heavy atom. The Morgan fingerprint density at radius 2 is 1.74 bits per heavy atom. The van der Waals surface area contributed by atoms with E-state index < -0.39 is 48.4 Å². The molecule has 2 heterocycles. The van der Waals surface area contributed by atoms with E-state index in [0.717, 1.165) is 24.7 Å². The lowest BCUT2D eigenvalue weighted by atomic mass is 10.1. The summed E-state index contributed by atoms with van der Waals surface area (Å²) in [7, 11) is 3.21. The van der Waals surface area contributed by atoms with Crippen molar-refractivity contribution in [2.45, 2.75) is 45.3 Å². The van der Waals surface area contributed by atoms with Crippen molar-refractivity contribution in [3.63, 3.8) is 0 Å². The van der Waals surface area contributed by atoms with Crippen LogP contribution in [0, 0.1) is 0 Å². The molecule has 4 atom stereocenters. The normalized spacial score (nSPS) is 22.9. The lowest BCUT2D eigenvalue weighted by molar-refractivity contribution is -0.166. The average Bonchev–Trinajstić information content (AvgIpc) is 3.19. The molecule has 0 aliphatic carbocycles. The second kappa shape index (κ2) is 9.97. The predicted octanol–water partition coefficient (Wildman–Crippen LogP) is -0.134. The monoisotopic (exact) mass is 440 g/mol. The highest BCUT2D eigenvalue weighted by molar-refractivity contribution is 5.96. The molecule has 31 heavy (non-hydrogen) atoms. The molecule has 1 amide bonds. The van der Waals surface area contributed by atoms with Crippen LogP contribution in [-0.2, 0) is 33.3 Å².